The van der Waals surface area contributed by atoms with E-state index in [-0.39, 0.29) is 38.1 Å². The number of carbonyl (C=O) groups is 3. The zero-order valence-corrected chi connectivity index (χ0v) is 24.5. The van der Waals surface area contributed by atoms with Gasteiger partial charge in [0.05, 0.1) is 13.1 Å². The Morgan fingerprint density at radius 1 is 0.976 bits per heavy atom. The fourth-order valence-corrected chi connectivity index (χ4v) is 6.30. The molecule has 2 aromatic carbocycles. The highest BCUT2D eigenvalue weighted by Gasteiger charge is 2.59. The van der Waals surface area contributed by atoms with Crippen molar-refractivity contribution < 1.29 is 29.0 Å². The molecule has 0 bridgehead atoms. The quantitative estimate of drug-likeness (QED) is 0.504. The first-order chi connectivity index (χ1) is 19.5. The standard InChI is InChI=1S/C32H41N3O6/c1-5-33-16-14-22(15-17-33)18-35(32(28(36)37)20-34(21-32)29(38)41-31(2,3)4)30(39)40-19-27-25-12-8-6-10-23(25)24-11-7-9-13-26(24)27/h6-13,22,27H,5,14-21H2,1-4H3,(H,36,37). The maximum absolute atomic E-state index is 13.9. The van der Waals surface area contributed by atoms with Crippen molar-refractivity contribution in [2.24, 2.45) is 5.92 Å². The number of carboxylic acids is 1. The van der Waals surface area contributed by atoms with Crippen LogP contribution in [0.3, 0.4) is 0 Å². The Morgan fingerprint density at radius 3 is 2.05 bits per heavy atom. The Kier molecular flexibility index (Phi) is 8.01. The predicted molar refractivity (Wildman–Crippen MR) is 155 cm³/mol. The molecule has 5 rings (SSSR count). The van der Waals surface area contributed by atoms with Gasteiger partial charge in [0.15, 0.2) is 5.54 Å². The highest BCUT2D eigenvalue weighted by Crippen LogP contribution is 2.44. The average molecular weight is 564 g/mol. The molecule has 2 fully saturated rings. The third-order valence-electron chi connectivity index (χ3n) is 8.62. The molecule has 9 heteroatoms. The topological polar surface area (TPSA) is 99.6 Å². The van der Waals surface area contributed by atoms with Gasteiger partial charge in [-0.2, -0.15) is 0 Å². The van der Waals surface area contributed by atoms with Gasteiger partial charge in [0.25, 0.3) is 0 Å². The lowest BCUT2D eigenvalue weighted by atomic mass is 9.86. The molecular formula is C32H41N3O6. The fraction of sp³-hybridized carbons (Fsp3) is 0.531. The Labute approximate surface area is 242 Å². The second-order valence-corrected chi connectivity index (χ2v) is 12.5. The molecule has 0 spiro atoms. The van der Waals surface area contributed by atoms with Crippen LogP contribution in [-0.4, -0.2) is 95.0 Å². The van der Waals surface area contributed by atoms with Crippen LogP contribution in [0.2, 0.25) is 0 Å². The number of likely N-dealkylation sites (tertiary alicyclic amines) is 2. The Hall–Kier alpha value is -3.59. The molecule has 1 N–H and O–H groups in total. The monoisotopic (exact) mass is 563 g/mol. The molecule has 3 aliphatic rings. The van der Waals surface area contributed by atoms with Gasteiger partial charge in [-0.05, 0) is 81.4 Å². The summed E-state index contributed by atoms with van der Waals surface area (Å²) < 4.78 is 11.4. The molecule has 2 aromatic rings. The van der Waals surface area contributed by atoms with Gasteiger partial charge in [0.2, 0.25) is 0 Å². The van der Waals surface area contributed by atoms with Crippen LogP contribution >= 0.6 is 0 Å². The molecular weight excluding hydrogens is 522 g/mol. The summed E-state index contributed by atoms with van der Waals surface area (Å²) in [5.74, 6) is -1.14. The number of amides is 2. The molecule has 2 saturated heterocycles. The number of piperidine rings is 1. The number of carbonyl (C=O) groups excluding carboxylic acids is 2. The van der Waals surface area contributed by atoms with Crippen molar-refractivity contribution in [1.29, 1.82) is 0 Å². The molecule has 220 valence electrons. The minimum atomic E-state index is -1.57. The minimum absolute atomic E-state index is 0.100. The number of fused-ring (bicyclic) bond motifs is 3. The second kappa shape index (κ2) is 11.4. The zero-order chi connectivity index (χ0) is 29.4. The van der Waals surface area contributed by atoms with Crippen molar-refractivity contribution in [3.63, 3.8) is 0 Å². The molecule has 0 atom stereocenters. The van der Waals surface area contributed by atoms with Gasteiger partial charge in [-0.15, -0.1) is 0 Å². The number of benzene rings is 2. The van der Waals surface area contributed by atoms with Crippen molar-refractivity contribution in [3.05, 3.63) is 59.7 Å². The second-order valence-electron chi connectivity index (χ2n) is 12.5. The van der Waals surface area contributed by atoms with Gasteiger partial charge in [0, 0.05) is 12.5 Å². The Morgan fingerprint density at radius 2 is 1.54 bits per heavy atom. The van der Waals surface area contributed by atoms with Crippen LogP contribution in [0.15, 0.2) is 48.5 Å². The molecule has 9 nitrogen and oxygen atoms in total. The van der Waals surface area contributed by atoms with Gasteiger partial charge in [-0.25, -0.2) is 14.4 Å². The van der Waals surface area contributed by atoms with E-state index in [1.165, 1.54) is 9.80 Å². The first-order valence-corrected chi connectivity index (χ1v) is 14.6. The van der Waals surface area contributed by atoms with Crippen molar-refractivity contribution in [2.45, 2.75) is 57.6 Å². The van der Waals surface area contributed by atoms with Crippen molar-refractivity contribution in [1.82, 2.24) is 14.7 Å². The van der Waals surface area contributed by atoms with E-state index >= 15 is 0 Å². The summed E-state index contributed by atoms with van der Waals surface area (Å²) in [6.07, 6.45) is 0.494. The smallest absolute Gasteiger partial charge is 0.410 e. The van der Waals surface area contributed by atoms with E-state index in [9.17, 15) is 19.5 Å². The molecule has 2 amide bonds. The van der Waals surface area contributed by atoms with Gasteiger partial charge >= 0.3 is 18.2 Å². The summed E-state index contributed by atoms with van der Waals surface area (Å²) in [4.78, 5) is 44.5. The summed E-state index contributed by atoms with van der Waals surface area (Å²) >= 11 is 0. The lowest BCUT2D eigenvalue weighted by Gasteiger charge is -2.52. The SMILES string of the molecule is CCN1CCC(CN(C(=O)OCC2c3ccccc3-c3ccccc32)C2(C(=O)O)CN(C(=O)OC(C)(C)C)C2)CC1. The number of aliphatic carboxylic acids is 1. The molecule has 41 heavy (non-hydrogen) atoms. The van der Waals surface area contributed by atoms with Crippen LogP contribution < -0.4 is 0 Å². The predicted octanol–water partition coefficient (Wildman–Crippen LogP) is 5.04. The van der Waals surface area contributed by atoms with E-state index < -0.39 is 29.3 Å². The first-order valence-electron chi connectivity index (χ1n) is 14.6. The lowest BCUT2D eigenvalue weighted by molar-refractivity contribution is -0.163. The number of hydrogen-bond acceptors (Lipinski definition) is 6. The van der Waals surface area contributed by atoms with Crippen LogP contribution in [0.1, 0.15) is 57.6 Å². The lowest BCUT2D eigenvalue weighted by Crippen LogP contribution is -2.76. The van der Waals surface area contributed by atoms with Gasteiger partial charge < -0.3 is 24.4 Å². The number of hydrogen-bond donors (Lipinski definition) is 1. The van der Waals surface area contributed by atoms with Gasteiger partial charge in [-0.3, -0.25) is 4.90 Å². The van der Waals surface area contributed by atoms with E-state index in [1.807, 2.05) is 24.3 Å². The third kappa shape index (κ3) is 5.77. The Bertz CT molecular complexity index is 1240. The maximum atomic E-state index is 13.9. The van der Waals surface area contributed by atoms with E-state index in [2.05, 4.69) is 36.1 Å². The zero-order valence-electron chi connectivity index (χ0n) is 24.5. The molecule has 2 aliphatic heterocycles. The van der Waals surface area contributed by atoms with Crippen LogP contribution in [0.5, 0.6) is 0 Å². The fourth-order valence-electron chi connectivity index (χ4n) is 6.30. The van der Waals surface area contributed by atoms with Gasteiger partial charge in [-0.1, -0.05) is 55.5 Å². The highest BCUT2D eigenvalue weighted by atomic mass is 16.6. The third-order valence-corrected chi connectivity index (χ3v) is 8.62. The number of carboxylic acid groups (broad SMARTS) is 1. The largest absolute Gasteiger partial charge is 0.479 e. The first kappa shape index (κ1) is 28.9. The number of rotatable bonds is 7. The molecule has 2 heterocycles. The van der Waals surface area contributed by atoms with Crippen LogP contribution in [-0.2, 0) is 14.3 Å². The van der Waals surface area contributed by atoms with E-state index in [0.717, 1.165) is 54.7 Å². The Balaban J connectivity index is 1.36. The summed E-state index contributed by atoms with van der Waals surface area (Å²) in [6, 6.07) is 16.2. The van der Waals surface area contributed by atoms with Crippen molar-refractivity contribution in [2.75, 3.05) is 45.9 Å². The van der Waals surface area contributed by atoms with E-state index in [1.54, 1.807) is 20.8 Å². The molecule has 1 aliphatic carbocycles. The van der Waals surface area contributed by atoms with E-state index in [4.69, 9.17) is 9.47 Å². The minimum Gasteiger partial charge on any atom is -0.479 e. The van der Waals surface area contributed by atoms with Crippen LogP contribution in [0.4, 0.5) is 9.59 Å². The number of nitrogens with zero attached hydrogens (tertiary/aromatic N) is 3. The van der Waals surface area contributed by atoms with Crippen molar-refractivity contribution in [3.8, 4) is 11.1 Å². The summed E-state index contributed by atoms with van der Waals surface area (Å²) in [6.45, 7) is 10.3. The highest BCUT2D eigenvalue weighted by molar-refractivity contribution is 5.89. The average Bonchev–Trinajstić information content (AvgIpc) is 3.23. The molecule has 0 saturated carbocycles. The molecule has 0 unspecified atom stereocenters. The summed E-state index contributed by atoms with van der Waals surface area (Å²) in [5, 5.41) is 10.4. The summed E-state index contributed by atoms with van der Waals surface area (Å²) in [7, 11) is 0. The number of ether oxygens (including phenoxy) is 2. The normalized spacial score (nSPS) is 18.7. The van der Waals surface area contributed by atoms with Crippen molar-refractivity contribution >= 4 is 18.2 Å². The van der Waals surface area contributed by atoms with Crippen LogP contribution in [0.25, 0.3) is 11.1 Å². The van der Waals surface area contributed by atoms with Gasteiger partial charge in [0.1, 0.15) is 12.2 Å². The maximum Gasteiger partial charge on any atom is 0.410 e. The molecule has 0 aromatic heterocycles. The van der Waals surface area contributed by atoms with Crippen LogP contribution in [0, 0.1) is 5.92 Å². The molecule has 0 radical (unpaired) electrons. The van der Waals surface area contributed by atoms with E-state index in [0.29, 0.717) is 0 Å². The summed E-state index contributed by atoms with van der Waals surface area (Å²) in [5.41, 5.74) is 2.15.